The first-order valence-corrected chi connectivity index (χ1v) is 5.85. The minimum atomic E-state index is -3.65. The third kappa shape index (κ3) is 4.18. The molecule has 0 radical (unpaired) electrons. The van der Waals surface area contributed by atoms with Gasteiger partial charge in [0, 0.05) is 13.0 Å². The minimum Gasteiger partial charge on any atom is -0.396 e. The van der Waals surface area contributed by atoms with Gasteiger partial charge in [-0.3, -0.25) is 4.57 Å². The second-order valence-corrected chi connectivity index (χ2v) is 4.48. The molecule has 6 heteroatoms. The molecule has 4 nitrogen and oxygen atoms in total. The molecule has 1 N–H and O–H groups in total. The van der Waals surface area contributed by atoms with Crippen molar-refractivity contribution in [3.63, 3.8) is 0 Å². The van der Waals surface area contributed by atoms with Crippen molar-refractivity contribution in [1.29, 1.82) is 0 Å². The van der Waals surface area contributed by atoms with Gasteiger partial charge in [-0.2, -0.15) is 0 Å². The third-order valence-corrected chi connectivity index (χ3v) is 3.51. The fourth-order valence-electron chi connectivity index (χ4n) is 0.824. The van der Waals surface area contributed by atoms with Gasteiger partial charge in [0.2, 0.25) is 5.91 Å². The number of hydrogen-bond acceptors (Lipinski definition) is 4. The summed E-state index contributed by atoms with van der Waals surface area (Å²) in [5.41, 5.74) is 0. The summed E-state index contributed by atoms with van der Waals surface area (Å²) in [5.74, 6) is -1.74. The molecule has 0 amide bonds. The Morgan fingerprint density at radius 2 is 1.85 bits per heavy atom. The molecule has 80 valence electrons. The Labute approximate surface area is 77.6 Å². The van der Waals surface area contributed by atoms with Gasteiger partial charge in [0.1, 0.15) is 0 Å². The van der Waals surface area contributed by atoms with E-state index >= 15 is 0 Å². The van der Waals surface area contributed by atoms with Gasteiger partial charge in [0.25, 0.3) is 0 Å². The van der Waals surface area contributed by atoms with Gasteiger partial charge in [-0.05, 0) is 13.8 Å². The van der Waals surface area contributed by atoms with Crippen LogP contribution in [0.5, 0.6) is 0 Å². The van der Waals surface area contributed by atoms with E-state index in [9.17, 15) is 8.96 Å². The first-order chi connectivity index (χ1) is 6.10. The van der Waals surface area contributed by atoms with Gasteiger partial charge in [-0.25, -0.2) is 4.39 Å². The molecule has 1 unspecified atom stereocenters. The van der Waals surface area contributed by atoms with Crippen LogP contribution in [-0.2, 0) is 13.6 Å². The molecule has 0 aromatic rings. The Morgan fingerprint density at radius 3 is 2.15 bits per heavy atom. The van der Waals surface area contributed by atoms with Crippen molar-refractivity contribution >= 4 is 7.60 Å². The number of aliphatic hydroxyl groups excluding tert-OH is 1. The van der Waals surface area contributed by atoms with Crippen LogP contribution in [0.3, 0.4) is 0 Å². The molecule has 13 heavy (non-hydrogen) atoms. The average Bonchev–Trinajstić information content (AvgIpc) is 2.05. The van der Waals surface area contributed by atoms with Gasteiger partial charge in [-0.1, -0.05) is 0 Å². The van der Waals surface area contributed by atoms with E-state index in [1.165, 1.54) is 0 Å². The molecule has 0 aliphatic heterocycles. The summed E-state index contributed by atoms with van der Waals surface area (Å²) >= 11 is 0. The second kappa shape index (κ2) is 6.49. The third-order valence-electron chi connectivity index (χ3n) is 1.33. The summed E-state index contributed by atoms with van der Waals surface area (Å²) in [6.07, 6.45) is -0.225. The van der Waals surface area contributed by atoms with E-state index in [0.29, 0.717) is 0 Å². The van der Waals surface area contributed by atoms with E-state index < -0.39 is 13.5 Å². The molecule has 1 atom stereocenters. The second-order valence-electron chi connectivity index (χ2n) is 2.32. The van der Waals surface area contributed by atoms with E-state index in [0.717, 1.165) is 0 Å². The maximum Gasteiger partial charge on any atom is 0.364 e. The molecule has 0 bridgehead atoms. The topological polar surface area (TPSA) is 55.8 Å². The molecule has 0 aliphatic rings. The molecule has 0 saturated carbocycles. The van der Waals surface area contributed by atoms with Crippen molar-refractivity contribution in [3.8, 4) is 0 Å². The van der Waals surface area contributed by atoms with E-state index in [1.807, 2.05) is 0 Å². The molecule has 0 aromatic heterocycles. The summed E-state index contributed by atoms with van der Waals surface area (Å²) in [7, 11) is -3.65. The van der Waals surface area contributed by atoms with Crippen molar-refractivity contribution < 1.29 is 23.1 Å². The zero-order chi connectivity index (χ0) is 10.3. The standard InChI is InChI=1S/C7H16FO4P/c1-3-11-13(10,12-4-2)7(8)5-6-9/h7,9H,3-6H2,1-2H3. The Kier molecular flexibility index (Phi) is 6.51. The zero-order valence-electron chi connectivity index (χ0n) is 7.90. The predicted octanol–water partition coefficient (Wildman–Crippen LogP) is 1.93. The minimum absolute atomic E-state index is 0.128. The fraction of sp³-hybridized carbons (Fsp3) is 1.00. The van der Waals surface area contributed by atoms with Gasteiger partial charge in [0.05, 0.1) is 13.2 Å². The summed E-state index contributed by atoms with van der Waals surface area (Å²) in [5, 5.41) is 8.46. The van der Waals surface area contributed by atoms with Gasteiger partial charge >= 0.3 is 7.60 Å². The summed E-state index contributed by atoms with van der Waals surface area (Å²) < 4.78 is 34.2. The molecule has 0 heterocycles. The Morgan fingerprint density at radius 1 is 1.38 bits per heavy atom. The van der Waals surface area contributed by atoms with Crippen LogP contribution in [-0.4, -0.2) is 30.8 Å². The number of hydrogen-bond donors (Lipinski definition) is 1. The van der Waals surface area contributed by atoms with E-state index in [1.54, 1.807) is 13.8 Å². The van der Waals surface area contributed by atoms with Gasteiger partial charge < -0.3 is 14.2 Å². The quantitative estimate of drug-likeness (QED) is 0.658. The van der Waals surface area contributed by atoms with E-state index in [-0.39, 0.29) is 26.2 Å². The molecular weight excluding hydrogens is 198 g/mol. The largest absolute Gasteiger partial charge is 0.396 e. The van der Waals surface area contributed by atoms with E-state index in [2.05, 4.69) is 0 Å². The first-order valence-electron chi connectivity index (χ1n) is 4.24. The number of halogens is 1. The average molecular weight is 214 g/mol. The first kappa shape index (κ1) is 13.0. The van der Waals surface area contributed by atoms with Crippen molar-refractivity contribution in [2.45, 2.75) is 26.2 Å². The number of aliphatic hydroxyl groups is 1. The van der Waals surface area contributed by atoms with Crippen LogP contribution < -0.4 is 0 Å². The molecule has 0 rings (SSSR count). The maximum atomic E-state index is 13.2. The van der Waals surface area contributed by atoms with Crippen LogP contribution in [0.2, 0.25) is 0 Å². The fourth-order valence-corrected chi connectivity index (χ4v) is 2.37. The highest BCUT2D eigenvalue weighted by Gasteiger charge is 2.35. The normalized spacial score (nSPS) is 14.5. The number of alkyl halides is 1. The van der Waals surface area contributed by atoms with Crippen LogP contribution in [0.4, 0.5) is 4.39 Å². The van der Waals surface area contributed by atoms with Crippen LogP contribution >= 0.6 is 7.60 Å². The highest BCUT2D eigenvalue weighted by molar-refractivity contribution is 7.54. The molecule has 0 spiro atoms. The SMILES string of the molecule is CCOP(=O)(OCC)C(F)CCO. The molecule has 0 saturated heterocycles. The smallest absolute Gasteiger partial charge is 0.364 e. The van der Waals surface area contributed by atoms with E-state index in [4.69, 9.17) is 14.2 Å². The number of rotatable bonds is 7. The summed E-state index contributed by atoms with van der Waals surface area (Å²) in [4.78, 5) is 0. The van der Waals surface area contributed by atoms with Crippen molar-refractivity contribution in [1.82, 2.24) is 0 Å². The molecule has 0 aliphatic carbocycles. The van der Waals surface area contributed by atoms with Gasteiger partial charge in [-0.15, -0.1) is 0 Å². The van der Waals surface area contributed by atoms with Crippen LogP contribution in [0.15, 0.2) is 0 Å². The molecular formula is C7H16FO4P. The van der Waals surface area contributed by atoms with Crippen molar-refractivity contribution in [2.75, 3.05) is 19.8 Å². The zero-order valence-corrected chi connectivity index (χ0v) is 8.80. The Balaban J connectivity index is 4.28. The Bertz CT molecular complexity index is 166. The van der Waals surface area contributed by atoms with Crippen LogP contribution in [0.1, 0.15) is 20.3 Å². The van der Waals surface area contributed by atoms with Crippen molar-refractivity contribution in [3.05, 3.63) is 0 Å². The van der Waals surface area contributed by atoms with Crippen molar-refractivity contribution in [2.24, 2.45) is 0 Å². The highest BCUT2D eigenvalue weighted by Crippen LogP contribution is 2.54. The lowest BCUT2D eigenvalue weighted by atomic mass is 10.5. The van der Waals surface area contributed by atoms with Crippen LogP contribution in [0.25, 0.3) is 0 Å². The summed E-state index contributed by atoms with van der Waals surface area (Å²) in [6, 6.07) is 0. The maximum absolute atomic E-state index is 13.2. The lowest BCUT2D eigenvalue weighted by molar-refractivity contribution is 0.173. The summed E-state index contributed by atoms with van der Waals surface area (Å²) in [6.45, 7) is 3.10. The lowest BCUT2D eigenvalue weighted by Gasteiger charge is -2.19. The lowest BCUT2D eigenvalue weighted by Crippen LogP contribution is -2.10. The molecule has 0 aromatic carbocycles. The van der Waals surface area contributed by atoms with Gasteiger partial charge in [0.15, 0.2) is 0 Å². The molecule has 0 fully saturated rings. The monoisotopic (exact) mass is 214 g/mol. The predicted molar refractivity (Wildman–Crippen MR) is 47.5 cm³/mol. The Hall–Kier alpha value is 0.0400. The highest BCUT2D eigenvalue weighted by atomic mass is 31.2. The van der Waals surface area contributed by atoms with Crippen LogP contribution in [0, 0.1) is 0 Å².